The molecule has 1 aromatic carbocycles. The van der Waals surface area contributed by atoms with Crippen molar-refractivity contribution in [2.45, 2.75) is 26.8 Å². The van der Waals surface area contributed by atoms with Gasteiger partial charge >= 0.3 is 0 Å². The van der Waals surface area contributed by atoms with Crippen LogP contribution in [-0.2, 0) is 0 Å². The van der Waals surface area contributed by atoms with E-state index in [0.29, 0.717) is 16.1 Å². The Bertz CT molecular complexity index is 1580. The molecule has 5 heterocycles. The second kappa shape index (κ2) is 8.63. The molecule has 4 aromatic heterocycles. The maximum absolute atomic E-state index is 6.11. The van der Waals surface area contributed by atoms with Gasteiger partial charge in [-0.2, -0.15) is 10.1 Å². The molecule has 11 heteroatoms. The van der Waals surface area contributed by atoms with Crippen LogP contribution in [0.3, 0.4) is 0 Å². The van der Waals surface area contributed by atoms with E-state index in [1.807, 2.05) is 35.9 Å². The minimum absolute atomic E-state index is 0.131. The zero-order valence-electron chi connectivity index (χ0n) is 20.3. The van der Waals surface area contributed by atoms with E-state index in [0.717, 1.165) is 65.7 Å². The molecule has 1 aliphatic heterocycles. The van der Waals surface area contributed by atoms with E-state index in [-0.39, 0.29) is 12.1 Å². The van der Waals surface area contributed by atoms with Crippen LogP contribution in [-0.4, -0.2) is 55.9 Å². The van der Waals surface area contributed by atoms with E-state index in [1.54, 1.807) is 12.5 Å². The predicted octanol–water partition coefficient (Wildman–Crippen LogP) is 4.48. The molecule has 0 amide bonds. The molecule has 5 aromatic rings. The molecule has 2 N–H and O–H groups in total. The molecule has 36 heavy (non-hydrogen) atoms. The van der Waals surface area contributed by atoms with Gasteiger partial charge in [0.25, 0.3) is 6.01 Å². The van der Waals surface area contributed by atoms with Gasteiger partial charge < -0.3 is 20.0 Å². The monoisotopic (exact) mass is 503 g/mol. The maximum atomic E-state index is 6.11. The molecule has 0 saturated carbocycles. The van der Waals surface area contributed by atoms with E-state index in [1.165, 1.54) is 0 Å². The number of nitrogen functional groups attached to an aromatic ring is 1. The van der Waals surface area contributed by atoms with Crippen molar-refractivity contribution >= 4 is 51.4 Å². The number of fused-ring (bicyclic) bond motifs is 2. The number of nitrogens with zero attached hydrogens (tertiary/aromatic N) is 8. The molecule has 184 valence electrons. The lowest BCUT2D eigenvalue weighted by Gasteiger charge is -2.36. The van der Waals surface area contributed by atoms with E-state index < -0.39 is 0 Å². The van der Waals surface area contributed by atoms with Crippen LogP contribution >= 0.6 is 11.6 Å². The van der Waals surface area contributed by atoms with Gasteiger partial charge in [0.15, 0.2) is 11.2 Å². The first-order chi connectivity index (χ1) is 17.4. The van der Waals surface area contributed by atoms with Gasteiger partial charge in [-0.1, -0.05) is 11.6 Å². The Morgan fingerprint density at radius 3 is 2.47 bits per heavy atom. The smallest absolute Gasteiger partial charge is 0.292 e. The van der Waals surface area contributed by atoms with Crippen LogP contribution in [0.15, 0.2) is 41.2 Å². The van der Waals surface area contributed by atoms with Gasteiger partial charge in [-0.25, -0.2) is 19.6 Å². The molecule has 0 radical (unpaired) electrons. The molecule has 6 rings (SSSR count). The number of anilines is 3. The fourth-order valence-electron chi connectivity index (χ4n) is 4.85. The van der Waals surface area contributed by atoms with Gasteiger partial charge in [0.2, 0.25) is 0 Å². The summed E-state index contributed by atoms with van der Waals surface area (Å²) in [6, 6.07) is 8.03. The van der Waals surface area contributed by atoms with Crippen molar-refractivity contribution in [2.75, 3.05) is 41.7 Å². The number of hydrogen-bond acceptors (Lipinski definition) is 9. The summed E-state index contributed by atoms with van der Waals surface area (Å²) < 4.78 is 7.41. The average molecular weight is 504 g/mol. The molecule has 0 spiro atoms. The summed E-state index contributed by atoms with van der Waals surface area (Å²) in [7, 11) is 0. The number of hydrogen-bond donors (Lipinski definition) is 1. The summed E-state index contributed by atoms with van der Waals surface area (Å²) in [5.74, 6) is 1.85. The van der Waals surface area contributed by atoms with E-state index >= 15 is 0 Å². The number of piperazine rings is 1. The van der Waals surface area contributed by atoms with Crippen molar-refractivity contribution in [3.8, 4) is 11.3 Å². The Morgan fingerprint density at radius 2 is 1.75 bits per heavy atom. The Morgan fingerprint density at radius 1 is 1.00 bits per heavy atom. The third-order valence-electron chi connectivity index (χ3n) is 6.53. The molecule has 0 unspecified atom stereocenters. The Kier molecular flexibility index (Phi) is 5.40. The van der Waals surface area contributed by atoms with E-state index in [4.69, 9.17) is 31.8 Å². The van der Waals surface area contributed by atoms with Crippen molar-refractivity contribution in [1.29, 1.82) is 0 Å². The molecule has 0 bridgehead atoms. The lowest BCUT2D eigenvalue weighted by Crippen LogP contribution is -2.47. The Labute approximate surface area is 212 Å². The summed E-state index contributed by atoms with van der Waals surface area (Å²) in [5.41, 5.74) is 10.7. The summed E-state index contributed by atoms with van der Waals surface area (Å²) >= 11 is 6.11. The molecular weight excluding hydrogens is 478 g/mol. The van der Waals surface area contributed by atoms with Crippen LogP contribution in [0.1, 0.15) is 25.5 Å². The van der Waals surface area contributed by atoms with Crippen LogP contribution in [0.2, 0.25) is 5.02 Å². The topological polar surface area (TPSA) is 115 Å². The highest BCUT2D eigenvalue weighted by molar-refractivity contribution is 6.30. The summed E-state index contributed by atoms with van der Waals surface area (Å²) in [5, 5.41) is 6.55. The highest BCUT2D eigenvalue weighted by Crippen LogP contribution is 2.36. The summed E-state index contributed by atoms with van der Waals surface area (Å²) in [4.78, 5) is 22.8. The molecule has 0 aliphatic carbocycles. The van der Waals surface area contributed by atoms with Gasteiger partial charge in [-0.05, 0) is 50.6 Å². The van der Waals surface area contributed by atoms with Crippen LogP contribution in [0.4, 0.5) is 17.7 Å². The molecule has 1 fully saturated rings. The van der Waals surface area contributed by atoms with Gasteiger partial charge in [-0.15, -0.1) is 0 Å². The lowest BCUT2D eigenvalue weighted by molar-refractivity contribution is 0.548. The second-order valence-electron chi connectivity index (χ2n) is 9.29. The molecule has 10 nitrogen and oxygen atoms in total. The van der Waals surface area contributed by atoms with Crippen LogP contribution in [0.25, 0.3) is 33.4 Å². The lowest BCUT2D eigenvalue weighted by atomic mass is 10.1. The highest BCUT2D eigenvalue weighted by atomic mass is 35.5. The second-order valence-corrected chi connectivity index (χ2v) is 9.72. The highest BCUT2D eigenvalue weighted by Gasteiger charge is 2.26. The number of benzene rings is 1. The SMILES string of the molecule is Cc1cc(Cl)cnc1N1CCN(c2ncnc3c2c(-c2ccc4oc(N)nc4c2)nn3C(C)C)CC1. The summed E-state index contributed by atoms with van der Waals surface area (Å²) in [6.07, 6.45) is 3.33. The zero-order chi connectivity index (χ0) is 25.0. The molecule has 1 saturated heterocycles. The van der Waals surface area contributed by atoms with Crippen LogP contribution in [0, 0.1) is 6.92 Å². The number of aryl methyl sites for hydroxylation is 1. The number of halogens is 1. The predicted molar refractivity (Wildman–Crippen MR) is 142 cm³/mol. The van der Waals surface area contributed by atoms with Crippen molar-refractivity contribution in [1.82, 2.24) is 29.7 Å². The number of pyridine rings is 1. The zero-order valence-corrected chi connectivity index (χ0v) is 21.1. The first-order valence-corrected chi connectivity index (χ1v) is 12.3. The van der Waals surface area contributed by atoms with Gasteiger partial charge in [0.1, 0.15) is 29.2 Å². The maximum Gasteiger partial charge on any atom is 0.292 e. The molecular formula is C25H26ClN9O. The Balaban J connectivity index is 1.40. The van der Waals surface area contributed by atoms with Gasteiger partial charge in [0.05, 0.1) is 10.4 Å². The van der Waals surface area contributed by atoms with Crippen LogP contribution in [0.5, 0.6) is 0 Å². The number of aromatic nitrogens is 6. The standard InChI is InChI=1S/C25H26ClN9O/c1-14(2)35-24-20(21(32-35)16-4-5-19-18(11-16)31-25(27)36-19)23(29-13-30-24)34-8-6-33(7-9-34)22-15(3)10-17(26)12-28-22/h4-5,10-14H,6-9H2,1-3H3,(H2,27,31). The van der Waals surface area contributed by atoms with E-state index in [9.17, 15) is 0 Å². The minimum atomic E-state index is 0.131. The third-order valence-corrected chi connectivity index (χ3v) is 6.74. The van der Waals surface area contributed by atoms with Crippen molar-refractivity contribution in [3.63, 3.8) is 0 Å². The van der Waals surface area contributed by atoms with Gasteiger partial charge in [0, 0.05) is 44.0 Å². The molecule has 0 atom stereocenters. The third kappa shape index (κ3) is 3.78. The van der Waals surface area contributed by atoms with E-state index in [2.05, 4.69) is 38.6 Å². The number of oxazole rings is 1. The fourth-order valence-corrected chi connectivity index (χ4v) is 5.06. The van der Waals surface area contributed by atoms with Crippen LogP contribution < -0.4 is 15.5 Å². The van der Waals surface area contributed by atoms with Gasteiger partial charge in [-0.3, -0.25) is 0 Å². The first-order valence-electron chi connectivity index (χ1n) is 11.9. The number of rotatable bonds is 4. The quantitative estimate of drug-likeness (QED) is 0.379. The Hall–Kier alpha value is -3.92. The molecule has 1 aliphatic rings. The van der Waals surface area contributed by atoms with Crippen molar-refractivity contribution in [2.24, 2.45) is 0 Å². The normalized spacial score (nSPS) is 14.5. The van der Waals surface area contributed by atoms with Crippen molar-refractivity contribution in [3.05, 3.63) is 47.4 Å². The first kappa shape index (κ1) is 22.5. The average Bonchev–Trinajstić information content (AvgIpc) is 3.43. The summed E-state index contributed by atoms with van der Waals surface area (Å²) in [6.45, 7) is 9.46. The minimum Gasteiger partial charge on any atom is -0.424 e. The fraction of sp³-hybridized carbons (Fsp3) is 0.320. The number of nitrogens with two attached hydrogens (primary N) is 1. The largest absolute Gasteiger partial charge is 0.424 e. The van der Waals surface area contributed by atoms with Crippen molar-refractivity contribution < 1.29 is 4.42 Å².